The molecule has 0 spiro atoms. The second-order valence-corrected chi connectivity index (χ2v) is 11.5. The third kappa shape index (κ3) is 4.66. The number of rotatable bonds is 6. The van der Waals surface area contributed by atoms with Crippen LogP contribution in [0.25, 0.3) is 21.7 Å². The van der Waals surface area contributed by atoms with Crippen LogP contribution in [-0.2, 0) is 21.4 Å². The Labute approximate surface area is 224 Å². The van der Waals surface area contributed by atoms with E-state index in [2.05, 4.69) is 36.6 Å². The minimum Gasteiger partial charge on any atom is -0.460 e. The molecular formula is C27H19Br2NO5S. The van der Waals surface area contributed by atoms with Crippen molar-refractivity contribution in [1.29, 1.82) is 0 Å². The van der Waals surface area contributed by atoms with Crippen molar-refractivity contribution in [2.24, 2.45) is 0 Å². The first-order valence-electron chi connectivity index (χ1n) is 10.9. The fourth-order valence-electron chi connectivity index (χ4n) is 4.05. The molecule has 0 saturated heterocycles. The van der Waals surface area contributed by atoms with E-state index in [1.165, 1.54) is 6.07 Å². The highest BCUT2D eigenvalue weighted by atomic mass is 79.9. The maximum Gasteiger partial charge on any atom is 0.342 e. The van der Waals surface area contributed by atoms with Gasteiger partial charge in [-0.3, -0.25) is 4.72 Å². The van der Waals surface area contributed by atoms with Crippen molar-refractivity contribution in [2.75, 3.05) is 4.72 Å². The lowest BCUT2D eigenvalue weighted by molar-refractivity contribution is 0.0473. The summed E-state index contributed by atoms with van der Waals surface area (Å²) in [5, 5.41) is 1.78. The van der Waals surface area contributed by atoms with Crippen LogP contribution in [0, 0.1) is 6.92 Å². The SMILES string of the molecule is Cc1oc2c(cc(NS(=O)(=O)c3cc(Br)ccc3Br)c3ccccc32)c1C(=O)OCc1ccccc1. The highest BCUT2D eigenvalue weighted by molar-refractivity contribution is 9.11. The summed E-state index contributed by atoms with van der Waals surface area (Å²) in [6.45, 7) is 1.80. The van der Waals surface area contributed by atoms with Gasteiger partial charge in [0, 0.05) is 25.1 Å². The Morgan fingerprint density at radius 2 is 1.61 bits per heavy atom. The molecule has 0 aliphatic heterocycles. The lowest BCUT2D eigenvalue weighted by Gasteiger charge is -2.13. The fourth-order valence-corrected chi connectivity index (χ4v) is 6.63. The average Bonchev–Trinajstić information content (AvgIpc) is 3.20. The van der Waals surface area contributed by atoms with E-state index in [1.54, 1.807) is 31.2 Å². The second-order valence-electron chi connectivity index (χ2n) is 8.12. The maximum atomic E-state index is 13.4. The van der Waals surface area contributed by atoms with Crippen molar-refractivity contribution in [3.8, 4) is 0 Å². The van der Waals surface area contributed by atoms with Crippen LogP contribution in [-0.4, -0.2) is 14.4 Å². The molecule has 0 saturated carbocycles. The van der Waals surface area contributed by atoms with Gasteiger partial charge in [0.25, 0.3) is 10.0 Å². The van der Waals surface area contributed by atoms with E-state index in [1.807, 2.05) is 48.5 Å². The van der Waals surface area contributed by atoms with Crippen LogP contribution in [0.4, 0.5) is 5.69 Å². The van der Waals surface area contributed by atoms with Crippen LogP contribution in [0.2, 0.25) is 0 Å². The predicted molar refractivity (Wildman–Crippen MR) is 147 cm³/mol. The van der Waals surface area contributed by atoms with Crippen molar-refractivity contribution in [1.82, 2.24) is 0 Å². The largest absolute Gasteiger partial charge is 0.460 e. The van der Waals surface area contributed by atoms with E-state index in [9.17, 15) is 13.2 Å². The maximum absolute atomic E-state index is 13.4. The van der Waals surface area contributed by atoms with E-state index in [0.717, 1.165) is 5.56 Å². The fraction of sp³-hybridized carbons (Fsp3) is 0.0741. The van der Waals surface area contributed by atoms with Gasteiger partial charge in [0.05, 0.1) is 5.69 Å². The third-order valence-electron chi connectivity index (χ3n) is 5.72. The van der Waals surface area contributed by atoms with Crippen molar-refractivity contribution in [3.05, 3.63) is 105 Å². The smallest absolute Gasteiger partial charge is 0.342 e. The number of anilines is 1. The zero-order chi connectivity index (χ0) is 25.4. The molecule has 0 radical (unpaired) electrons. The summed E-state index contributed by atoms with van der Waals surface area (Å²) < 4.78 is 42.0. The van der Waals surface area contributed by atoms with Gasteiger partial charge in [-0.1, -0.05) is 70.5 Å². The molecule has 0 fully saturated rings. The van der Waals surface area contributed by atoms with Crippen LogP contribution in [0.3, 0.4) is 0 Å². The molecule has 0 aliphatic carbocycles. The summed E-state index contributed by atoms with van der Waals surface area (Å²) in [6, 6.07) is 23.2. The number of carbonyl (C=O) groups is 1. The zero-order valence-electron chi connectivity index (χ0n) is 18.9. The molecule has 0 atom stereocenters. The number of hydrogen-bond acceptors (Lipinski definition) is 5. The number of hydrogen-bond donors (Lipinski definition) is 1. The summed E-state index contributed by atoms with van der Waals surface area (Å²) in [7, 11) is -3.97. The Kier molecular flexibility index (Phi) is 6.63. The number of ether oxygens (including phenoxy) is 1. The molecule has 5 rings (SSSR count). The number of esters is 1. The molecule has 0 aliphatic rings. The van der Waals surface area contributed by atoms with Crippen molar-refractivity contribution in [3.63, 3.8) is 0 Å². The Hall–Kier alpha value is -3.14. The van der Waals surface area contributed by atoms with Crippen LogP contribution in [0.5, 0.6) is 0 Å². The number of nitrogens with one attached hydrogen (secondary N) is 1. The second kappa shape index (κ2) is 9.72. The molecule has 0 amide bonds. The minimum atomic E-state index is -3.97. The Morgan fingerprint density at radius 3 is 2.36 bits per heavy atom. The van der Waals surface area contributed by atoms with Crippen LogP contribution < -0.4 is 4.72 Å². The number of halogens is 2. The third-order valence-corrected chi connectivity index (χ3v) is 8.57. The number of aryl methyl sites for hydroxylation is 1. The van der Waals surface area contributed by atoms with Crippen molar-refractivity contribution in [2.45, 2.75) is 18.4 Å². The lowest BCUT2D eigenvalue weighted by Crippen LogP contribution is -2.14. The molecule has 5 aromatic rings. The number of benzene rings is 4. The topological polar surface area (TPSA) is 85.6 Å². The molecule has 182 valence electrons. The summed E-state index contributed by atoms with van der Waals surface area (Å²) in [4.78, 5) is 13.2. The highest BCUT2D eigenvalue weighted by Crippen LogP contribution is 2.38. The van der Waals surface area contributed by atoms with Gasteiger partial charge in [0.2, 0.25) is 0 Å². The van der Waals surface area contributed by atoms with Crippen molar-refractivity contribution < 1.29 is 22.4 Å². The number of sulfonamides is 1. The minimum absolute atomic E-state index is 0.0759. The quantitative estimate of drug-likeness (QED) is 0.196. The molecule has 4 aromatic carbocycles. The van der Waals surface area contributed by atoms with Crippen LogP contribution >= 0.6 is 31.9 Å². The number of fused-ring (bicyclic) bond motifs is 3. The number of furan rings is 1. The van der Waals surface area contributed by atoms with Gasteiger partial charge in [-0.2, -0.15) is 0 Å². The Balaban J connectivity index is 1.61. The molecule has 1 heterocycles. The zero-order valence-corrected chi connectivity index (χ0v) is 22.9. The molecule has 6 nitrogen and oxygen atoms in total. The van der Waals surface area contributed by atoms with Gasteiger partial charge < -0.3 is 9.15 Å². The van der Waals surface area contributed by atoms with Crippen molar-refractivity contribution >= 4 is 75.3 Å². The lowest BCUT2D eigenvalue weighted by atomic mass is 10.0. The van der Waals surface area contributed by atoms with Gasteiger partial charge in [-0.25, -0.2) is 13.2 Å². The van der Waals surface area contributed by atoms with E-state index in [4.69, 9.17) is 9.15 Å². The first-order chi connectivity index (χ1) is 17.2. The summed E-state index contributed by atoms with van der Waals surface area (Å²) in [6.07, 6.45) is 0. The van der Waals surface area contributed by atoms with E-state index < -0.39 is 16.0 Å². The van der Waals surface area contributed by atoms with Crippen LogP contribution in [0.15, 0.2) is 97.1 Å². The van der Waals surface area contributed by atoms with Gasteiger partial charge in [-0.15, -0.1) is 0 Å². The average molecular weight is 629 g/mol. The Bertz CT molecular complexity index is 1730. The summed E-state index contributed by atoms with van der Waals surface area (Å²) in [5.41, 5.74) is 1.93. The van der Waals surface area contributed by atoms with Gasteiger partial charge in [0.1, 0.15) is 28.4 Å². The Morgan fingerprint density at radius 1 is 0.917 bits per heavy atom. The predicted octanol–water partition coefficient (Wildman–Crippen LogP) is 7.58. The molecule has 9 heteroatoms. The van der Waals surface area contributed by atoms with E-state index in [-0.39, 0.29) is 17.1 Å². The molecule has 1 N–H and O–H groups in total. The summed E-state index contributed by atoms with van der Waals surface area (Å²) in [5.74, 6) is -0.156. The normalized spacial score (nSPS) is 11.6. The molecular weight excluding hydrogens is 610 g/mol. The van der Waals surface area contributed by atoms with E-state index in [0.29, 0.717) is 42.1 Å². The molecule has 0 bridgehead atoms. The van der Waals surface area contributed by atoms with Gasteiger partial charge >= 0.3 is 5.97 Å². The highest BCUT2D eigenvalue weighted by Gasteiger charge is 2.25. The van der Waals surface area contributed by atoms with Gasteiger partial charge in [-0.05, 0) is 52.7 Å². The van der Waals surface area contributed by atoms with Crippen LogP contribution in [0.1, 0.15) is 21.7 Å². The standard InChI is InChI=1S/C27H19Br2NO5S/c1-16-25(27(31)34-15-17-7-3-2-4-8-17)21-14-23(19-9-5-6-10-20(19)26(21)35-16)30-36(32,33)24-13-18(28)11-12-22(24)29/h2-14,30H,15H2,1H3. The molecule has 36 heavy (non-hydrogen) atoms. The molecule has 0 unspecified atom stereocenters. The number of carbonyl (C=O) groups excluding carboxylic acids is 1. The first-order valence-corrected chi connectivity index (χ1v) is 14.0. The van der Waals surface area contributed by atoms with Gasteiger partial charge in [0.15, 0.2) is 0 Å². The summed E-state index contributed by atoms with van der Waals surface area (Å²) >= 11 is 6.65. The molecule has 1 aromatic heterocycles. The monoisotopic (exact) mass is 627 g/mol. The first kappa shape index (κ1) is 24.5. The van der Waals surface area contributed by atoms with E-state index >= 15 is 0 Å².